The van der Waals surface area contributed by atoms with Crippen LogP contribution in [0.15, 0.2) is 0 Å². The summed E-state index contributed by atoms with van der Waals surface area (Å²) in [5, 5.41) is 10.6. The predicted molar refractivity (Wildman–Crippen MR) is 368 cm³/mol. The third kappa shape index (κ3) is 66.5. The maximum Gasteiger partial charge on any atom is 0.472 e. The molecule has 0 aliphatic heterocycles. The molecule has 540 valence electrons. The maximum atomic E-state index is 13.0. The van der Waals surface area contributed by atoms with Crippen LogP contribution in [0.5, 0.6) is 0 Å². The number of carbonyl (C=O) groups is 4. The van der Waals surface area contributed by atoms with Crippen LogP contribution in [-0.4, -0.2) is 96.7 Å². The summed E-state index contributed by atoms with van der Waals surface area (Å²) in [5.41, 5.74) is 0. The summed E-state index contributed by atoms with van der Waals surface area (Å²) in [6, 6.07) is 0. The highest BCUT2D eigenvalue weighted by Crippen LogP contribution is 2.45. The lowest BCUT2D eigenvalue weighted by Crippen LogP contribution is -2.30. The van der Waals surface area contributed by atoms with Crippen molar-refractivity contribution < 1.29 is 80.2 Å². The highest BCUT2D eigenvalue weighted by molar-refractivity contribution is 7.47. The average Bonchev–Trinajstić information content (AvgIpc) is 3.32. The lowest BCUT2D eigenvalue weighted by Gasteiger charge is -2.21. The van der Waals surface area contributed by atoms with Gasteiger partial charge < -0.3 is 33.8 Å². The summed E-state index contributed by atoms with van der Waals surface area (Å²) in [6.45, 7) is 7.21. The van der Waals surface area contributed by atoms with E-state index in [2.05, 4.69) is 34.6 Å². The van der Waals surface area contributed by atoms with Crippen LogP contribution in [0.2, 0.25) is 0 Å². The quantitative estimate of drug-likeness (QED) is 0.0222. The second-order valence-electron chi connectivity index (χ2n) is 26.5. The number of aliphatic hydroxyl groups excluding tert-OH is 1. The smallest absolute Gasteiger partial charge is 0.462 e. The molecule has 0 rings (SSSR count). The molecule has 0 saturated heterocycles. The van der Waals surface area contributed by atoms with Gasteiger partial charge in [-0.25, -0.2) is 9.13 Å². The molecule has 0 aliphatic rings. The Kier molecular flexibility index (Phi) is 64.0. The number of phosphoric acid groups is 2. The topological polar surface area (TPSA) is 237 Å². The van der Waals surface area contributed by atoms with E-state index in [4.69, 9.17) is 37.0 Å². The Morgan fingerprint density at radius 1 is 0.297 bits per heavy atom. The normalized spacial score (nSPS) is 14.0. The van der Waals surface area contributed by atoms with Crippen LogP contribution < -0.4 is 0 Å². The van der Waals surface area contributed by atoms with Crippen molar-refractivity contribution in [1.82, 2.24) is 0 Å². The minimum Gasteiger partial charge on any atom is -0.462 e. The van der Waals surface area contributed by atoms with Gasteiger partial charge >= 0.3 is 39.5 Å². The zero-order valence-corrected chi connectivity index (χ0v) is 60.8. The highest BCUT2D eigenvalue weighted by atomic mass is 31.2. The van der Waals surface area contributed by atoms with Gasteiger partial charge in [-0.05, 0) is 31.6 Å². The monoisotopic (exact) mass is 1340 g/mol. The molecule has 0 saturated carbocycles. The fourth-order valence-corrected chi connectivity index (χ4v) is 12.6. The van der Waals surface area contributed by atoms with Crippen molar-refractivity contribution in [3.05, 3.63) is 0 Å². The number of unbranched alkanes of at least 4 members (excludes halogenated alkanes) is 44. The van der Waals surface area contributed by atoms with E-state index in [-0.39, 0.29) is 25.7 Å². The van der Waals surface area contributed by atoms with Crippen molar-refractivity contribution in [3.63, 3.8) is 0 Å². The molecule has 5 atom stereocenters. The standard InChI is InChI=1S/C72H140O17P2/c1-6-9-12-15-18-20-22-23-24-25-26-27-28-29-30-32-38-43-48-53-58-72(77)89-68(62-83-70(75)56-51-46-41-36-34-33-35-40-44-49-54-65(4)5)64-87-91(80,81)85-60-66(73)59-84-90(78,79)86-63-67(61-82-69(74)55-50-45-39-17-14-11-8-3)88-71(76)57-52-47-42-37-31-21-19-16-13-10-7-2/h65-68,73H,6-64H2,1-5H3,(H,78,79)(H,80,81)/t66-,67+,68+/m0/s1. The fourth-order valence-electron chi connectivity index (χ4n) is 11.0. The molecule has 91 heavy (non-hydrogen) atoms. The van der Waals surface area contributed by atoms with Gasteiger partial charge in [-0.3, -0.25) is 37.3 Å². The number of esters is 4. The van der Waals surface area contributed by atoms with Crippen LogP contribution in [0.3, 0.4) is 0 Å². The number of ether oxygens (including phenoxy) is 4. The molecule has 2 unspecified atom stereocenters. The number of rotatable bonds is 72. The summed E-state index contributed by atoms with van der Waals surface area (Å²) in [6.07, 6.45) is 52.9. The third-order valence-corrected chi connectivity index (χ3v) is 18.7. The van der Waals surface area contributed by atoms with Crippen molar-refractivity contribution in [2.45, 2.75) is 393 Å². The van der Waals surface area contributed by atoms with Crippen LogP contribution in [0.4, 0.5) is 0 Å². The number of carbonyl (C=O) groups excluding carboxylic acids is 4. The first-order chi connectivity index (χ1) is 44.0. The van der Waals surface area contributed by atoms with Crippen molar-refractivity contribution >= 4 is 39.5 Å². The number of phosphoric ester groups is 2. The Morgan fingerprint density at radius 3 is 0.747 bits per heavy atom. The number of hydrogen-bond donors (Lipinski definition) is 3. The second kappa shape index (κ2) is 65.4. The first-order valence-electron chi connectivity index (χ1n) is 37.6. The summed E-state index contributed by atoms with van der Waals surface area (Å²) >= 11 is 0. The van der Waals surface area contributed by atoms with Gasteiger partial charge in [0.05, 0.1) is 26.4 Å². The van der Waals surface area contributed by atoms with Gasteiger partial charge in [0, 0.05) is 25.7 Å². The molecule has 0 aromatic carbocycles. The molecule has 0 aromatic heterocycles. The van der Waals surface area contributed by atoms with E-state index in [0.717, 1.165) is 109 Å². The molecular formula is C72H140O17P2. The Morgan fingerprint density at radius 2 is 0.505 bits per heavy atom. The van der Waals surface area contributed by atoms with Crippen LogP contribution >= 0.6 is 15.6 Å². The molecule has 0 radical (unpaired) electrons. The van der Waals surface area contributed by atoms with Crippen molar-refractivity contribution in [3.8, 4) is 0 Å². The van der Waals surface area contributed by atoms with Crippen LogP contribution in [-0.2, 0) is 65.4 Å². The van der Waals surface area contributed by atoms with Crippen molar-refractivity contribution in [1.29, 1.82) is 0 Å². The van der Waals surface area contributed by atoms with Gasteiger partial charge in [-0.2, -0.15) is 0 Å². The van der Waals surface area contributed by atoms with E-state index in [0.29, 0.717) is 25.7 Å². The maximum absolute atomic E-state index is 13.0. The van der Waals surface area contributed by atoms with Gasteiger partial charge in [-0.1, -0.05) is 324 Å². The average molecular weight is 1340 g/mol. The summed E-state index contributed by atoms with van der Waals surface area (Å²) < 4.78 is 68.2. The summed E-state index contributed by atoms with van der Waals surface area (Å²) in [5.74, 6) is -1.37. The van der Waals surface area contributed by atoms with Crippen LogP contribution in [0.1, 0.15) is 375 Å². The van der Waals surface area contributed by atoms with E-state index in [1.807, 2.05) is 0 Å². The van der Waals surface area contributed by atoms with Gasteiger partial charge in [0.15, 0.2) is 12.2 Å². The second-order valence-corrected chi connectivity index (χ2v) is 29.4. The van der Waals surface area contributed by atoms with E-state index >= 15 is 0 Å². The zero-order valence-electron chi connectivity index (χ0n) is 59.0. The Bertz CT molecular complexity index is 1750. The Labute approximate surface area is 556 Å². The molecule has 3 N–H and O–H groups in total. The molecule has 0 amide bonds. The largest absolute Gasteiger partial charge is 0.472 e. The molecule has 0 bridgehead atoms. The highest BCUT2D eigenvalue weighted by Gasteiger charge is 2.30. The molecule has 0 aliphatic carbocycles. The van der Waals surface area contributed by atoms with Crippen LogP contribution in [0, 0.1) is 5.92 Å². The molecular weight excluding hydrogens is 1200 g/mol. The van der Waals surface area contributed by atoms with E-state index in [1.165, 1.54) is 186 Å². The molecule has 0 heterocycles. The van der Waals surface area contributed by atoms with E-state index < -0.39 is 97.5 Å². The lowest BCUT2D eigenvalue weighted by molar-refractivity contribution is -0.161. The minimum atomic E-state index is -4.95. The molecule has 0 spiro atoms. The lowest BCUT2D eigenvalue weighted by atomic mass is 10.0. The fraction of sp³-hybridized carbons (Fsp3) is 0.944. The minimum absolute atomic E-state index is 0.107. The Balaban J connectivity index is 5.16. The van der Waals surface area contributed by atoms with Crippen LogP contribution in [0.25, 0.3) is 0 Å². The number of aliphatic hydroxyl groups is 1. The number of hydrogen-bond acceptors (Lipinski definition) is 15. The first-order valence-corrected chi connectivity index (χ1v) is 40.6. The van der Waals surface area contributed by atoms with Crippen molar-refractivity contribution in [2.24, 2.45) is 5.92 Å². The molecule has 19 heteroatoms. The summed E-state index contributed by atoms with van der Waals surface area (Å²) in [4.78, 5) is 72.5. The van der Waals surface area contributed by atoms with Gasteiger partial charge in [0.1, 0.15) is 19.3 Å². The van der Waals surface area contributed by atoms with Gasteiger partial charge in [-0.15, -0.1) is 0 Å². The Hall–Kier alpha value is -1.94. The summed E-state index contributed by atoms with van der Waals surface area (Å²) in [7, 11) is -9.90. The van der Waals surface area contributed by atoms with E-state index in [9.17, 15) is 43.2 Å². The van der Waals surface area contributed by atoms with Crippen molar-refractivity contribution in [2.75, 3.05) is 39.6 Å². The van der Waals surface area contributed by atoms with Gasteiger partial charge in [0.25, 0.3) is 0 Å². The van der Waals surface area contributed by atoms with E-state index in [1.54, 1.807) is 0 Å². The zero-order chi connectivity index (χ0) is 67.0. The molecule has 0 fully saturated rings. The first kappa shape index (κ1) is 89.1. The third-order valence-electron chi connectivity index (χ3n) is 16.8. The SMILES string of the molecule is CCCCCCCCCCCCCCCCCCCCCCC(=O)O[C@H](COC(=O)CCCCCCCCCCCCC(C)C)COP(=O)(O)OC[C@@H](O)COP(=O)(O)OC[C@@H](COC(=O)CCCCCCCCC)OC(=O)CCCCCCCCCCCCC. The predicted octanol–water partition coefficient (Wildman–Crippen LogP) is 20.9. The van der Waals surface area contributed by atoms with Gasteiger partial charge in [0.2, 0.25) is 0 Å². The molecule has 17 nitrogen and oxygen atoms in total. The molecule has 0 aromatic rings.